The molecule has 2 rings (SSSR count). The number of aliphatic imine (C=N–C) groups is 1. The van der Waals surface area contributed by atoms with Gasteiger partial charge in [0, 0.05) is 11.4 Å². The van der Waals surface area contributed by atoms with Crippen LogP contribution in [0.3, 0.4) is 0 Å². The van der Waals surface area contributed by atoms with Gasteiger partial charge in [-0.2, -0.15) is 0 Å². The Labute approximate surface area is 102 Å². The smallest absolute Gasteiger partial charge is 0.175 e. The van der Waals surface area contributed by atoms with Crippen LogP contribution in [-0.2, 0) is 6.42 Å². The third-order valence-electron chi connectivity index (χ3n) is 3.41. The number of rotatable bonds is 2. The molecular weight excluding hydrogens is 212 g/mol. The van der Waals surface area contributed by atoms with Gasteiger partial charge in [-0.1, -0.05) is 13.8 Å². The molecule has 0 N–H and O–H groups in total. The van der Waals surface area contributed by atoms with Crippen LogP contribution < -0.4 is 0 Å². The molecule has 2 heterocycles. The summed E-state index contributed by atoms with van der Waals surface area (Å²) in [7, 11) is 0. The molecule has 1 atom stereocenters. The first-order chi connectivity index (χ1) is 8.08. The number of Topliss-reactive ketones (excluding diaryl/α,β-unsaturated/α-hetero) is 1. The Morgan fingerprint density at radius 3 is 2.59 bits per heavy atom. The number of pyridine rings is 1. The van der Waals surface area contributed by atoms with Crippen molar-refractivity contribution in [3.63, 3.8) is 0 Å². The normalized spacial score (nSPS) is 18.9. The summed E-state index contributed by atoms with van der Waals surface area (Å²) in [5.74, 6) is 0.726. The van der Waals surface area contributed by atoms with Crippen molar-refractivity contribution in [1.82, 2.24) is 4.98 Å². The summed E-state index contributed by atoms with van der Waals surface area (Å²) in [6, 6.07) is 1.95. The lowest BCUT2D eigenvalue weighted by Gasteiger charge is -2.21. The first-order valence-electron chi connectivity index (χ1n) is 6.18. The van der Waals surface area contributed by atoms with Gasteiger partial charge in [-0.3, -0.25) is 4.79 Å². The number of fused-ring (bicyclic) bond motifs is 1. The lowest BCUT2D eigenvalue weighted by atomic mass is 9.88. The van der Waals surface area contributed by atoms with Gasteiger partial charge >= 0.3 is 0 Å². The highest BCUT2D eigenvalue weighted by Gasteiger charge is 2.29. The molecule has 0 spiro atoms. The van der Waals surface area contributed by atoms with Gasteiger partial charge < -0.3 is 0 Å². The van der Waals surface area contributed by atoms with Gasteiger partial charge in [0.15, 0.2) is 11.6 Å². The van der Waals surface area contributed by atoms with Crippen LogP contribution >= 0.6 is 0 Å². The van der Waals surface area contributed by atoms with Crippen LogP contribution in [0.4, 0.5) is 5.82 Å². The fraction of sp³-hybridized carbons (Fsp3) is 0.500. The van der Waals surface area contributed by atoms with Crippen LogP contribution in [0.1, 0.15) is 48.8 Å². The molecule has 90 valence electrons. The highest BCUT2D eigenvalue weighted by molar-refractivity contribution is 6.17. The quantitative estimate of drug-likeness (QED) is 0.782. The fourth-order valence-electron chi connectivity index (χ4n) is 2.37. The van der Waals surface area contributed by atoms with Crippen LogP contribution in [0.25, 0.3) is 0 Å². The first-order valence-corrected chi connectivity index (χ1v) is 6.18. The third-order valence-corrected chi connectivity index (χ3v) is 3.41. The number of aromatic nitrogens is 1. The molecule has 0 fully saturated rings. The standard InChI is InChI=1S/C14H18N2O/c1-5-10-9(4)15-14-11(13(10)17)7-8(3)12(6-2)16-14/h7,10H,5-6H2,1-4H3. The predicted octanol–water partition coefficient (Wildman–Crippen LogP) is 3.27. The summed E-state index contributed by atoms with van der Waals surface area (Å²) < 4.78 is 0. The van der Waals surface area contributed by atoms with E-state index in [0.717, 1.165) is 29.8 Å². The van der Waals surface area contributed by atoms with Crippen LogP contribution in [0.5, 0.6) is 0 Å². The molecule has 1 unspecified atom stereocenters. The van der Waals surface area contributed by atoms with E-state index in [1.165, 1.54) is 0 Å². The summed E-state index contributed by atoms with van der Waals surface area (Å²) in [4.78, 5) is 21.3. The van der Waals surface area contributed by atoms with Crippen molar-refractivity contribution < 1.29 is 4.79 Å². The van der Waals surface area contributed by atoms with E-state index in [1.807, 2.05) is 26.8 Å². The average Bonchev–Trinajstić information content (AvgIpc) is 2.30. The molecule has 17 heavy (non-hydrogen) atoms. The second kappa shape index (κ2) is 4.40. The number of carbonyl (C=O) groups excluding carboxylic acids is 1. The van der Waals surface area contributed by atoms with E-state index in [9.17, 15) is 4.79 Å². The van der Waals surface area contributed by atoms with E-state index in [4.69, 9.17) is 0 Å². The minimum Gasteiger partial charge on any atom is -0.293 e. The van der Waals surface area contributed by atoms with Crippen molar-refractivity contribution >= 4 is 17.3 Å². The van der Waals surface area contributed by atoms with Crippen molar-refractivity contribution in [3.05, 3.63) is 22.9 Å². The van der Waals surface area contributed by atoms with Gasteiger partial charge in [0.1, 0.15) is 0 Å². The van der Waals surface area contributed by atoms with Crippen molar-refractivity contribution in [1.29, 1.82) is 0 Å². The van der Waals surface area contributed by atoms with Crippen LogP contribution in [0, 0.1) is 12.8 Å². The number of aryl methyl sites for hydroxylation is 2. The number of carbonyl (C=O) groups is 1. The Morgan fingerprint density at radius 2 is 2.00 bits per heavy atom. The zero-order valence-electron chi connectivity index (χ0n) is 10.9. The molecule has 0 radical (unpaired) electrons. The number of nitrogens with zero attached hydrogens (tertiary/aromatic N) is 2. The second-order valence-electron chi connectivity index (χ2n) is 4.55. The largest absolute Gasteiger partial charge is 0.293 e. The highest BCUT2D eigenvalue weighted by Crippen LogP contribution is 2.30. The van der Waals surface area contributed by atoms with Crippen molar-refractivity contribution in [2.75, 3.05) is 0 Å². The van der Waals surface area contributed by atoms with Gasteiger partial charge in [-0.25, -0.2) is 9.98 Å². The maximum atomic E-state index is 12.3. The minimum atomic E-state index is -0.0591. The fourth-order valence-corrected chi connectivity index (χ4v) is 2.37. The predicted molar refractivity (Wildman–Crippen MR) is 69.2 cm³/mol. The van der Waals surface area contributed by atoms with Gasteiger partial charge in [-0.15, -0.1) is 0 Å². The van der Waals surface area contributed by atoms with E-state index in [2.05, 4.69) is 16.9 Å². The molecule has 1 aliphatic heterocycles. The number of hydrogen-bond acceptors (Lipinski definition) is 3. The van der Waals surface area contributed by atoms with Crippen molar-refractivity contribution in [2.45, 2.75) is 40.5 Å². The van der Waals surface area contributed by atoms with Crippen LogP contribution in [-0.4, -0.2) is 16.5 Å². The molecular formula is C14H18N2O. The summed E-state index contributed by atoms with van der Waals surface area (Å²) in [6.45, 7) is 8.01. The Kier molecular flexibility index (Phi) is 3.09. The maximum Gasteiger partial charge on any atom is 0.175 e. The van der Waals surface area contributed by atoms with Crippen molar-refractivity contribution in [3.8, 4) is 0 Å². The van der Waals surface area contributed by atoms with Crippen LogP contribution in [0.15, 0.2) is 11.1 Å². The minimum absolute atomic E-state index is 0.0591. The van der Waals surface area contributed by atoms with E-state index < -0.39 is 0 Å². The maximum absolute atomic E-state index is 12.3. The molecule has 1 aliphatic rings. The SMILES string of the molecule is CCc1nc2c(cc1C)C(=O)C(CC)C(C)=N2. The summed E-state index contributed by atoms with van der Waals surface area (Å²) >= 11 is 0. The second-order valence-corrected chi connectivity index (χ2v) is 4.55. The van der Waals surface area contributed by atoms with E-state index >= 15 is 0 Å². The molecule has 3 nitrogen and oxygen atoms in total. The van der Waals surface area contributed by atoms with Gasteiger partial charge in [0.25, 0.3) is 0 Å². The topological polar surface area (TPSA) is 42.3 Å². The lowest BCUT2D eigenvalue weighted by molar-refractivity contribution is 0.0950. The Hall–Kier alpha value is -1.51. The Bertz CT molecular complexity index is 503. The van der Waals surface area contributed by atoms with Crippen molar-refractivity contribution in [2.24, 2.45) is 10.9 Å². The molecule has 0 amide bonds. The van der Waals surface area contributed by atoms with E-state index in [1.54, 1.807) is 0 Å². The zero-order chi connectivity index (χ0) is 12.6. The van der Waals surface area contributed by atoms with Gasteiger partial charge in [0.05, 0.1) is 11.5 Å². The lowest BCUT2D eigenvalue weighted by Crippen LogP contribution is -2.25. The molecule has 0 saturated heterocycles. The molecule has 0 aliphatic carbocycles. The number of hydrogen-bond donors (Lipinski definition) is 0. The summed E-state index contributed by atoms with van der Waals surface area (Å²) in [5, 5.41) is 0. The molecule has 3 heteroatoms. The number of ketones is 1. The molecule has 0 aromatic carbocycles. The van der Waals surface area contributed by atoms with Crippen LogP contribution in [0.2, 0.25) is 0 Å². The molecule has 1 aromatic heterocycles. The molecule has 1 aromatic rings. The van der Waals surface area contributed by atoms with E-state index in [0.29, 0.717) is 11.4 Å². The highest BCUT2D eigenvalue weighted by atomic mass is 16.1. The molecule has 0 saturated carbocycles. The Morgan fingerprint density at radius 1 is 1.29 bits per heavy atom. The third kappa shape index (κ3) is 1.90. The average molecular weight is 230 g/mol. The zero-order valence-corrected chi connectivity index (χ0v) is 10.9. The summed E-state index contributed by atoms with van der Waals surface area (Å²) in [6.07, 6.45) is 1.68. The van der Waals surface area contributed by atoms with Gasteiger partial charge in [-0.05, 0) is 38.3 Å². The summed E-state index contributed by atoms with van der Waals surface area (Å²) in [5.41, 5.74) is 3.70. The Balaban J connectivity index is 2.59. The first kappa shape index (κ1) is 12.0. The monoisotopic (exact) mass is 230 g/mol. The van der Waals surface area contributed by atoms with E-state index in [-0.39, 0.29) is 11.7 Å². The molecule has 0 bridgehead atoms. The van der Waals surface area contributed by atoms with Gasteiger partial charge in [0.2, 0.25) is 0 Å².